The molecule has 0 bridgehead atoms. The van der Waals surface area contributed by atoms with Crippen LogP contribution in [0.1, 0.15) is 42.7 Å². The zero-order valence-electron chi connectivity index (χ0n) is 10.0. The highest BCUT2D eigenvalue weighted by Crippen LogP contribution is 2.37. The molecular formula is C12H15ClN2O3. The van der Waals surface area contributed by atoms with Crippen molar-refractivity contribution in [3.05, 3.63) is 23.0 Å². The Morgan fingerprint density at radius 1 is 1.61 bits per heavy atom. The number of rotatable bonds is 5. The molecular weight excluding hydrogens is 256 g/mol. The minimum absolute atomic E-state index is 0.322. The Hall–Kier alpha value is -1.49. The van der Waals surface area contributed by atoms with Crippen LogP contribution in [0.3, 0.4) is 0 Å². The molecule has 6 heteroatoms. The Balaban J connectivity index is 2.15. The van der Waals surface area contributed by atoms with Crippen LogP contribution in [0.2, 0.25) is 5.02 Å². The molecule has 0 spiro atoms. The predicted molar refractivity (Wildman–Crippen MR) is 66.9 cm³/mol. The monoisotopic (exact) mass is 270 g/mol. The Morgan fingerprint density at radius 3 is 2.78 bits per heavy atom. The summed E-state index contributed by atoms with van der Waals surface area (Å²) in [5.74, 6) is -1.41. The number of aromatic nitrogens is 1. The highest BCUT2D eigenvalue weighted by Gasteiger charge is 2.29. The number of nitrogens with one attached hydrogen (secondary N) is 1. The molecule has 1 fully saturated rings. The van der Waals surface area contributed by atoms with Crippen molar-refractivity contribution in [3.8, 4) is 0 Å². The van der Waals surface area contributed by atoms with E-state index in [1.807, 2.05) is 4.57 Å². The molecule has 1 amide bonds. The number of carbonyl (C=O) groups is 2. The van der Waals surface area contributed by atoms with Gasteiger partial charge in [-0.05, 0) is 25.3 Å². The van der Waals surface area contributed by atoms with E-state index in [2.05, 4.69) is 5.32 Å². The summed E-state index contributed by atoms with van der Waals surface area (Å²) in [5.41, 5.74) is 0.433. The van der Waals surface area contributed by atoms with E-state index in [0.29, 0.717) is 23.2 Å². The zero-order chi connectivity index (χ0) is 13.3. The first kappa shape index (κ1) is 13.0. The summed E-state index contributed by atoms with van der Waals surface area (Å²) in [7, 11) is 0. The van der Waals surface area contributed by atoms with Gasteiger partial charge in [0, 0.05) is 12.2 Å². The smallest absolute Gasteiger partial charge is 0.326 e. The highest BCUT2D eigenvalue weighted by atomic mass is 35.5. The number of aliphatic carboxylic acids is 1. The number of hydrogen-bond donors (Lipinski definition) is 2. The van der Waals surface area contributed by atoms with Crippen LogP contribution in [0.5, 0.6) is 0 Å². The van der Waals surface area contributed by atoms with Gasteiger partial charge in [-0.15, -0.1) is 0 Å². The number of amides is 1. The Kier molecular flexibility index (Phi) is 3.61. The van der Waals surface area contributed by atoms with Gasteiger partial charge in [0.05, 0.1) is 5.02 Å². The van der Waals surface area contributed by atoms with Crippen LogP contribution in [0, 0.1) is 0 Å². The van der Waals surface area contributed by atoms with Crippen LogP contribution >= 0.6 is 11.6 Å². The molecule has 0 saturated heterocycles. The molecule has 1 aromatic rings. The van der Waals surface area contributed by atoms with Gasteiger partial charge in [-0.25, -0.2) is 4.79 Å². The van der Waals surface area contributed by atoms with Crippen LogP contribution in [0.4, 0.5) is 0 Å². The van der Waals surface area contributed by atoms with Crippen molar-refractivity contribution >= 4 is 23.5 Å². The lowest BCUT2D eigenvalue weighted by atomic mass is 10.2. The van der Waals surface area contributed by atoms with Crippen molar-refractivity contribution < 1.29 is 14.7 Å². The third-order valence-electron chi connectivity index (χ3n) is 3.00. The molecule has 1 aliphatic rings. The molecule has 0 aromatic carbocycles. The van der Waals surface area contributed by atoms with Crippen LogP contribution in [0.15, 0.2) is 12.3 Å². The Labute approximate surface area is 110 Å². The van der Waals surface area contributed by atoms with Gasteiger partial charge in [0.15, 0.2) is 0 Å². The van der Waals surface area contributed by atoms with Crippen molar-refractivity contribution in [2.45, 2.75) is 38.3 Å². The average Bonchev–Trinajstić information content (AvgIpc) is 3.08. The minimum atomic E-state index is -1.03. The molecule has 1 saturated carbocycles. The van der Waals surface area contributed by atoms with E-state index < -0.39 is 12.0 Å². The molecule has 0 aliphatic heterocycles. The van der Waals surface area contributed by atoms with Gasteiger partial charge in [0.2, 0.25) is 0 Å². The fourth-order valence-electron chi connectivity index (χ4n) is 1.85. The first-order valence-electron chi connectivity index (χ1n) is 5.94. The van der Waals surface area contributed by atoms with Gasteiger partial charge in [0.1, 0.15) is 11.7 Å². The summed E-state index contributed by atoms with van der Waals surface area (Å²) in [6.45, 7) is 1.71. The first-order valence-corrected chi connectivity index (χ1v) is 6.31. The van der Waals surface area contributed by atoms with Gasteiger partial charge >= 0.3 is 5.97 Å². The van der Waals surface area contributed by atoms with Gasteiger partial charge < -0.3 is 15.0 Å². The number of carboxylic acids is 1. The maximum Gasteiger partial charge on any atom is 0.326 e. The standard InChI is InChI=1S/C12H15ClN2O3/c1-2-9(12(17)18)14-11(16)10-5-7(13)6-15(10)8-3-4-8/h5-6,8-9H,2-4H2,1H3,(H,14,16)(H,17,18)/t9-/m0/s1. The molecule has 1 atom stereocenters. The van der Waals surface area contributed by atoms with E-state index in [1.54, 1.807) is 19.2 Å². The quantitative estimate of drug-likeness (QED) is 0.860. The van der Waals surface area contributed by atoms with E-state index in [-0.39, 0.29) is 5.91 Å². The van der Waals surface area contributed by atoms with Crippen molar-refractivity contribution in [1.29, 1.82) is 0 Å². The first-order chi connectivity index (χ1) is 8.52. The molecule has 0 radical (unpaired) electrons. The second-order valence-corrected chi connectivity index (χ2v) is 4.89. The topological polar surface area (TPSA) is 71.3 Å². The largest absolute Gasteiger partial charge is 0.480 e. The maximum atomic E-state index is 12.0. The van der Waals surface area contributed by atoms with Crippen LogP contribution in [-0.4, -0.2) is 27.6 Å². The molecule has 2 N–H and O–H groups in total. The summed E-state index contributed by atoms with van der Waals surface area (Å²) in [6, 6.07) is 1.03. The van der Waals surface area contributed by atoms with Crippen molar-refractivity contribution in [1.82, 2.24) is 9.88 Å². The summed E-state index contributed by atoms with van der Waals surface area (Å²) >= 11 is 5.90. The number of nitrogens with zero attached hydrogens (tertiary/aromatic N) is 1. The van der Waals surface area contributed by atoms with E-state index in [9.17, 15) is 9.59 Å². The molecule has 0 unspecified atom stereocenters. The number of hydrogen-bond acceptors (Lipinski definition) is 2. The van der Waals surface area contributed by atoms with Crippen molar-refractivity contribution in [3.63, 3.8) is 0 Å². The van der Waals surface area contributed by atoms with E-state index in [0.717, 1.165) is 12.8 Å². The third-order valence-corrected chi connectivity index (χ3v) is 3.21. The fourth-order valence-corrected chi connectivity index (χ4v) is 2.06. The van der Waals surface area contributed by atoms with Gasteiger partial charge in [-0.1, -0.05) is 18.5 Å². The molecule has 98 valence electrons. The van der Waals surface area contributed by atoms with Gasteiger partial charge in [-0.3, -0.25) is 4.79 Å². The van der Waals surface area contributed by atoms with Gasteiger partial charge in [-0.2, -0.15) is 0 Å². The van der Waals surface area contributed by atoms with Crippen LogP contribution in [-0.2, 0) is 4.79 Å². The molecule has 1 heterocycles. The molecule has 18 heavy (non-hydrogen) atoms. The van der Waals surface area contributed by atoms with Crippen LogP contribution in [0.25, 0.3) is 0 Å². The second kappa shape index (κ2) is 5.02. The minimum Gasteiger partial charge on any atom is -0.480 e. The lowest BCUT2D eigenvalue weighted by Crippen LogP contribution is -2.40. The zero-order valence-corrected chi connectivity index (χ0v) is 10.8. The number of halogens is 1. The third kappa shape index (κ3) is 2.67. The van der Waals surface area contributed by atoms with E-state index >= 15 is 0 Å². The molecule has 1 aromatic heterocycles. The fraction of sp³-hybridized carbons (Fsp3) is 0.500. The summed E-state index contributed by atoms with van der Waals surface area (Å²) in [4.78, 5) is 22.9. The normalized spacial score (nSPS) is 16.3. The number of carbonyl (C=O) groups excluding carboxylic acids is 1. The molecule has 2 rings (SSSR count). The SMILES string of the molecule is CC[C@H](NC(=O)c1cc(Cl)cn1C1CC1)C(=O)O. The lowest BCUT2D eigenvalue weighted by molar-refractivity contribution is -0.139. The Morgan fingerprint density at radius 2 is 2.28 bits per heavy atom. The summed E-state index contributed by atoms with van der Waals surface area (Å²) < 4.78 is 1.83. The van der Waals surface area contributed by atoms with Crippen molar-refractivity contribution in [2.24, 2.45) is 0 Å². The highest BCUT2D eigenvalue weighted by molar-refractivity contribution is 6.31. The summed E-state index contributed by atoms with van der Waals surface area (Å²) in [5, 5.41) is 11.9. The van der Waals surface area contributed by atoms with Gasteiger partial charge in [0.25, 0.3) is 5.91 Å². The average molecular weight is 271 g/mol. The predicted octanol–water partition coefficient (Wildman–Crippen LogP) is 2.07. The lowest BCUT2D eigenvalue weighted by Gasteiger charge is -2.13. The molecule has 1 aliphatic carbocycles. The van der Waals surface area contributed by atoms with Crippen LogP contribution < -0.4 is 5.32 Å². The maximum absolute atomic E-state index is 12.0. The summed E-state index contributed by atoms with van der Waals surface area (Å²) in [6.07, 6.45) is 4.12. The van der Waals surface area contributed by atoms with E-state index in [4.69, 9.17) is 16.7 Å². The number of carboxylic acid groups (broad SMARTS) is 1. The Bertz CT molecular complexity index is 480. The second-order valence-electron chi connectivity index (χ2n) is 4.45. The van der Waals surface area contributed by atoms with E-state index in [1.165, 1.54) is 0 Å². The van der Waals surface area contributed by atoms with Crippen molar-refractivity contribution in [2.75, 3.05) is 0 Å². The molecule has 5 nitrogen and oxygen atoms in total.